The van der Waals surface area contributed by atoms with Gasteiger partial charge in [-0.05, 0) is 63.4 Å². The van der Waals surface area contributed by atoms with E-state index in [1.54, 1.807) is 0 Å². The molecule has 1 aromatic heterocycles. The van der Waals surface area contributed by atoms with E-state index in [0.717, 1.165) is 5.69 Å². The highest BCUT2D eigenvalue weighted by atomic mass is 14.7. The van der Waals surface area contributed by atoms with E-state index in [1.807, 2.05) is 6.20 Å². The molecular formula is C29H29N. The molecule has 1 aliphatic carbocycles. The van der Waals surface area contributed by atoms with Crippen LogP contribution in [0.15, 0.2) is 79.0 Å². The van der Waals surface area contributed by atoms with Gasteiger partial charge in [0, 0.05) is 17.1 Å². The number of aromatic nitrogens is 1. The molecule has 5 rings (SSSR count). The topological polar surface area (TPSA) is 12.9 Å². The van der Waals surface area contributed by atoms with E-state index in [-0.39, 0.29) is 10.8 Å². The molecule has 0 fully saturated rings. The molecule has 3 aromatic carbocycles. The average Bonchev–Trinajstić information content (AvgIpc) is 2.76. The summed E-state index contributed by atoms with van der Waals surface area (Å²) in [6.07, 6.45) is 4.41. The highest BCUT2D eigenvalue weighted by Crippen LogP contribution is 2.47. The van der Waals surface area contributed by atoms with Gasteiger partial charge in [-0.3, -0.25) is 4.98 Å². The van der Waals surface area contributed by atoms with Gasteiger partial charge in [0.2, 0.25) is 0 Å². The monoisotopic (exact) mass is 391 g/mol. The van der Waals surface area contributed by atoms with Gasteiger partial charge in [-0.1, -0.05) is 88.4 Å². The lowest BCUT2D eigenvalue weighted by Gasteiger charge is -2.42. The summed E-state index contributed by atoms with van der Waals surface area (Å²) in [6.45, 7) is 9.55. The van der Waals surface area contributed by atoms with Crippen LogP contribution in [-0.2, 0) is 10.8 Å². The van der Waals surface area contributed by atoms with Gasteiger partial charge in [0.05, 0.1) is 5.69 Å². The van der Waals surface area contributed by atoms with Crippen molar-refractivity contribution in [3.8, 4) is 22.4 Å². The van der Waals surface area contributed by atoms with E-state index in [4.69, 9.17) is 4.98 Å². The first kappa shape index (κ1) is 19.1. The van der Waals surface area contributed by atoms with E-state index in [1.165, 1.54) is 51.4 Å². The molecule has 0 radical (unpaired) electrons. The van der Waals surface area contributed by atoms with Crippen molar-refractivity contribution in [3.05, 3.63) is 90.1 Å². The second-order valence-corrected chi connectivity index (χ2v) is 9.99. The minimum atomic E-state index is 0.198. The van der Waals surface area contributed by atoms with Crippen molar-refractivity contribution < 1.29 is 0 Å². The van der Waals surface area contributed by atoms with E-state index < -0.39 is 0 Å². The maximum absolute atomic E-state index is 4.81. The first-order valence-corrected chi connectivity index (χ1v) is 10.9. The molecule has 0 amide bonds. The summed E-state index contributed by atoms with van der Waals surface area (Å²) >= 11 is 0. The van der Waals surface area contributed by atoms with Crippen LogP contribution < -0.4 is 0 Å². The van der Waals surface area contributed by atoms with Gasteiger partial charge in [0.1, 0.15) is 0 Å². The summed E-state index contributed by atoms with van der Waals surface area (Å²) in [7, 11) is 0. The van der Waals surface area contributed by atoms with Crippen LogP contribution in [0, 0.1) is 0 Å². The summed E-state index contributed by atoms with van der Waals surface area (Å²) in [6, 6.07) is 26.4. The Labute approximate surface area is 179 Å². The maximum atomic E-state index is 4.81. The van der Waals surface area contributed by atoms with Crippen molar-refractivity contribution >= 4 is 10.8 Å². The van der Waals surface area contributed by atoms with Crippen molar-refractivity contribution in [2.24, 2.45) is 0 Å². The standard InChI is InChI=1S/C29H29N/c1-28(2)15-16-29(3,4)26-19-24-23(18-25(26)28)14-17-30-27(24)22-12-10-21(11-13-22)20-8-6-5-7-9-20/h5-14,17-19H,15-16H2,1-4H3. The van der Waals surface area contributed by atoms with Crippen LogP contribution in [0.25, 0.3) is 33.2 Å². The molecule has 1 aliphatic rings. The lowest BCUT2D eigenvalue weighted by molar-refractivity contribution is 0.332. The zero-order chi connectivity index (χ0) is 20.9. The minimum Gasteiger partial charge on any atom is -0.256 e. The van der Waals surface area contributed by atoms with Crippen LogP contribution in [0.5, 0.6) is 0 Å². The van der Waals surface area contributed by atoms with Crippen LogP contribution in [-0.4, -0.2) is 4.98 Å². The minimum absolute atomic E-state index is 0.198. The van der Waals surface area contributed by atoms with Crippen LogP contribution in [0.3, 0.4) is 0 Å². The van der Waals surface area contributed by atoms with Crippen LogP contribution in [0.4, 0.5) is 0 Å². The summed E-state index contributed by atoms with van der Waals surface area (Å²) < 4.78 is 0. The molecule has 1 nitrogen and oxygen atoms in total. The number of benzene rings is 3. The van der Waals surface area contributed by atoms with Crippen LogP contribution in [0.2, 0.25) is 0 Å². The summed E-state index contributed by atoms with van der Waals surface area (Å²) in [5, 5.41) is 2.55. The Balaban J connectivity index is 1.66. The smallest absolute Gasteiger partial charge is 0.0780 e. The fourth-order valence-electron chi connectivity index (χ4n) is 4.92. The average molecular weight is 392 g/mol. The van der Waals surface area contributed by atoms with Crippen molar-refractivity contribution in [3.63, 3.8) is 0 Å². The quantitative estimate of drug-likeness (QED) is 0.338. The van der Waals surface area contributed by atoms with Gasteiger partial charge in [-0.25, -0.2) is 0 Å². The second kappa shape index (κ2) is 6.80. The zero-order valence-electron chi connectivity index (χ0n) is 18.4. The van der Waals surface area contributed by atoms with Crippen molar-refractivity contribution in [2.45, 2.75) is 51.4 Å². The molecular weight excluding hydrogens is 362 g/mol. The molecule has 0 aliphatic heterocycles. The van der Waals surface area contributed by atoms with Gasteiger partial charge in [0.25, 0.3) is 0 Å². The lowest BCUT2D eigenvalue weighted by atomic mass is 9.63. The number of hydrogen-bond donors (Lipinski definition) is 0. The molecule has 0 saturated heterocycles. The predicted octanol–water partition coefficient (Wildman–Crippen LogP) is 7.92. The van der Waals surface area contributed by atoms with Gasteiger partial charge in [0.15, 0.2) is 0 Å². The fourth-order valence-corrected chi connectivity index (χ4v) is 4.92. The molecule has 0 saturated carbocycles. The number of fused-ring (bicyclic) bond motifs is 2. The summed E-state index contributed by atoms with van der Waals surface area (Å²) in [5.74, 6) is 0. The zero-order valence-corrected chi connectivity index (χ0v) is 18.4. The van der Waals surface area contributed by atoms with Gasteiger partial charge in [-0.2, -0.15) is 0 Å². The Kier molecular flexibility index (Phi) is 4.32. The predicted molar refractivity (Wildman–Crippen MR) is 128 cm³/mol. The van der Waals surface area contributed by atoms with E-state index in [2.05, 4.69) is 100 Å². The molecule has 0 bridgehead atoms. The SMILES string of the molecule is CC1(C)CCC(C)(C)c2cc3c(-c4ccc(-c5ccccc5)cc4)nccc3cc21. The number of hydrogen-bond acceptors (Lipinski definition) is 1. The number of nitrogens with zero attached hydrogens (tertiary/aromatic N) is 1. The molecule has 1 heterocycles. The first-order valence-electron chi connectivity index (χ1n) is 10.9. The van der Waals surface area contributed by atoms with Crippen LogP contribution in [0.1, 0.15) is 51.7 Å². The second-order valence-electron chi connectivity index (χ2n) is 9.99. The molecule has 1 heteroatoms. The highest BCUT2D eigenvalue weighted by Gasteiger charge is 2.37. The summed E-state index contributed by atoms with van der Waals surface area (Å²) in [4.78, 5) is 4.81. The Hall–Kier alpha value is -2.93. The van der Waals surface area contributed by atoms with Crippen molar-refractivity contribution in [1.29, 1.82) is 0 Å². The molecule has 0 N–H and O–H groups in total. The Morgan fingerprint density at radius 1 is 0.633 bits per heavy atom. The van der Waals surface area contributed by atoms with Crippen LogP contribution >= 0.6 is 0 Å². The first-order chi connectivity index (χ1) is 14.4. The van der Waals surface area contributed by atoms with Gasteiger partial charge >= 0.3 is 0 Å². The fraction of sp³-hybridized carbons (Fsp3) is 0.276. The molecule has 150 valence electrons. The van der Waals surface area contributed by atoms with E-state index in [0.29, 0.717) is 0 Å². The number of pyridine rings is 1. The molecule has 4 aromatic rings. The number of rotatable bonds is 2. The molecule has 0 unspecified atom stereocenters. The Morgan fingerprint density at radius 3 is 1.87 bits per heavy atom. The van der Waals surface area contributed by atoms with Gasteiger partial charge < -0.3 is 0 Å². The maximum Gasteiger partial charge on any atom is 0.0780 e. The third kappa shape index (κ3) is 3.13. The molecule has 30 heavy (non-hydrogen) atoms. The van der Waals surface area contributed by atoms with Gasteiger partial charge in [-0.15, -0.1) is 0 Å². The van der Waals surface area contributed by atoms with Crippen molar-refractivity contribution in [2.75, 3.05) is 0 Å². The molecule has 0 atom stereocenters. The Morgan fingerprint density at radius 2 is 1.20 bits per heavy atom. The normalized spacial score (nSPS) is 16.9. The summed E-state index contributed by atoms with van der Waals surface area (Å²) in [5.41, 5.74) is 8.14. The third-order valence-corrected chi connectivity index (χ3v) is 7.00. The van der Waals surface area contributed by atoms with Crippen molar-refractivity contribution in [1.82, 2.24) is 4.98 Å². The molecule has 0 spiro atoms. The lowest BCUT2D eigenvalue weighted by Crippen LogP contribution is -2.33. The largest absolute Gasteiger partial charge is 0.256 e. The highest BCUT2D eigenvalue weighted by molar-refractivity contribution is 5.96. The van der Waals surface area contributed by atoms with E-state index >= 15 is 0 Å². The third-order valence-electron chi connectivity index (χ3n) is 7.00. The van der Waals surface area contributed by atoms with E-state index in [9.17, 15) is 0 Å². The Bertz CT molecular complexity index is 1210.